The molecule has 2 aromatic carbocycles. The second-order valence-electron chi connectivity index (χ2n) is 44.2. The second kappa shape index (κ2) is 71.4. The van der Waals surface area contributed by atoms with Crippen LogP contribution in [0.25, 0.3) is 10.9 Å². The molecule has 0 N–H and O–H groups in total. The lowest BCUT2D eigenvalue weighted by molar-refractivity contribution is 0.555. The number of aryl methyl sites for hydroxylation is 3. The molecule has 3 aliphatic rings. The maximum absolute atomic E-state index is 4.76. The summed E-state index contributed by atoms with van der Waals surface area (Å²) in [6.07, 6.45) is 40.7. The van der Waals surface area contributed by atoms with Crippen LogP contribution in [0.15, 0.2) is 316 Å². The van der Waals surface area contributed by atoms with Crippen LogP contribution in [0.2, 0.25) is 0 Å². The number of allylic oxidation sites excluding steroid dienone is 3. The van der Waals surface area contributed by atoms with Crippen molar-refractivity contribution in [1.29, 1.82) is 0 Å². The summed E-state index contributed by atoms with van der Waals surface area (Å²) >= 11 is 3.60. The summed E-state index contributed by atoms with van der Waals surface area (Å²) in [6, 6.07) is 47.8. The van der Waals surface area contributed by atoms with Gasteiger partial charge in [0.1, 0.15) is 12.6 Å². The third kappa shape index (κ3) is 58.5. The summed E-state index contributed by atoms with van der Waals surface area (Å²) in [5, 5.41) is 23.7. The molecule has 0 saturated carbocycles. The van der Waals surface area contributed by atoms with Crippen LogP contribution in [-0.2, 0) is 35.8 Å². The quantitative estimate of drug-likeness (QED) is 0.111. The van der Waals surface area contributed by atoms with Crippen LogP contribution < -0.4 is 0 Å². The van der Waals surface area contributed by atoms with Crippen molar-refractivity contribution in [2.24, 2.45) is 46.8 Å². The predicted octanol–water partition coefficient (Wildman–Crippen LogP) is 34.6. The van der Waals surface area contributed by atoms with Gasteiger partial charge in [-0.25, -0.2) is 15.0 Å². The van der Waals surface area contributed by atoms with Gasteiger partial charge in [0.15, 0.2) is 6.39 Å². The number of aliphatic imine (C=N–C) groups is 3. The molecular formula is C127H186N18OS2. The predicted molar refractivity (Wildman–Crippen MR) is 638 cm³/mol. The highest BCUT2D eigenvalue weighted by atomic mass is 32.1. The standard InChI is InChI=1S/C12H13N.C10H14.C9H13N.C8H14N2.C8H13N.2C8H11N.2C8H12S.C7H10N2.C7H12N2.2C7H10N2.2C7H11N.C6H9NO/c1-9(2)11-7-10-5-3-4-6-12(10)13-8-11;1-10(2,3)9-7-5-4-6-8-9;1-9(2,3)8-6-4-5-7-10-8;1-6(2)8-5-7(3)10(4)9-8;1-6(2)8-4-7(3)5-9-8;1-7(2)8-3-5-9-6-4-8;1-7(2)8-4-3-5-9-6-8;1-8(2,3)7-4-5-9-6-7;1-8(2,3)7-5-4-6-9-7;1-6(2)7-3-8-5-9-4-7;1-6(2)7-4-5-9(3)8-7;1-6(2)7-5-8-3-4-9-7;1-6(2)7-3-4-8-9-5-7;1-6(2)7-3-4-8-5-7;1-6(2)7-4-3-5-8-7;1-5(2)6-3-8-4-7-6/h3-9H,1-2H3;4-8H,1-3H3;4-7H,1-3H3;5-6H,1-4H3;4,6H,5H2,1-3H3;2*3-7H,1-2H3;2*4-6H,1-3H3;3-6H,1-2H3;4-6H,1-3H3;2*3-6H,1-2H3;3,5-6H,4H2,1-2H3;3-4,6H,5H2,1-2H3;3-5H,1-2H3. The Hall–Kier alpha value is -12.2. The van der Waals surface area contributed by atoms with Crippen LogP contribution in [0, 0.1) is 24.7 Å². The van der Waals surface area contributed by atoms with Crippen molar-refractivity contribution in [1.82, 2.24) is 74.6 Å². The van der Waals surface area contributed by atoms with E-state index in [0.717, 1.165) is 47.9 Å². The fraction of sp³-hybridized carbons (Fsp3) is 0.465. The van der Waals surface area contributed by atoms with Gasteiger partial charge in [-0.2, -0.15) is 31.7 Å². The van der Waals surface area contributed by atoms with Crippen LogP contribution in [0.5, 0.6) is 0 Å². The van der Waals surface area contributed by atoms with E-state index in [1.54, 1.807) is 61.1 Å². The van der Waals surface area contributed by atoms with Gasteiger partial charge in [0.25, 0.3) is 0 Å². The molecule has 0 atom stereocenters. The number of hydrogen-bond acceptors (Lipinski definition) is 19. The van der Waals surface area contributed by atoms with Crippen molar-refractivity contribution in [3.63, 3.8) is 0 Å². The molecular weight excluding hydrogens is 1860 g/mol. The van der Waals surface area contributed by atoms with Gasteiger partial charge in [-0.05, 0) is 247 Å². The maximum Gasteiger partial charge on any atom is 0.180 e. The third-order valence-corrected chi connectivity index (χ3v) is 24.6. The molecule has 0 fully saturated rings. The Balaban J connectivity index is 0.000000534. The van der Waals surface area contributed by atoms with E-state index < -0.39 is 0 Å². The van der Waals surface area contributed by atoms with Crippen LogP contribution in [0.4, 0.5) is 0 Å². The summed E-state index contributed by atoms with van der Waals surface area (Å²) in [5.41, 5.74) is 23.5. The Labute approximate surface area is 903 Å². The first-order valence-corrected chi connectivity index (χ1v) is 54.4. The lowest BCUT2D eigenvalue weighted by atomic mass is 9.87. The van der Waals surface area contributed by atoms with Gasteiger partial charge in [-0.3, -0.25) is 54.2 Å². The average molecular weight is 2050 g/mol. The van der Waals surface area contributed by atoms with Gasteiger partial charge >= 0.3 is 0 Å². The molecule has 0 radical (unpaired) electrons. The van der Waals surface area contributed by atoms with Crippen molar-refractivity contribution >= 4 is 51.2 Å². The van der Waals surface area contributed by atoms with E-state index in [9.17, 15) is 0 Å². The van der Waals surface area contributed by atoms with Crippen LogP contribution >= 0.6 is 22.7 Å². The van der Waals surface area contributed by atoms with E-state index in [1.165, 1.54) is 89.6 Å². The third-order valence-electron chi connectivity index (χ3n) is 22.6. The lowest BCUT2D eigenvalue weighted by Crippen LogP contribution is -2.12. The van der Waals surface area contributed by atoms with E-state index in [4.69, 9.17) is 4.42 Å². The van der Waals surface area contributed by atoms with Crippen LogP contribution in [0.3, 0.4) is 0 Å². The normalized spacial score (nSPS) is 12.0. The minimum Gasteiger partial charge on any atom is -0.451 e. The molecule has 3 aliphatic heterocycles. The molecule has 802 valence electrons. The van der Waals surface area contributed by atoms with Crippen molar-refractivity contribution in [3.8, 4) is 0 Å². The molecule has 0 bridgehead atoms. The summed E-state index contributed by atoms with van der Waals surface area (Å²) < 4.78 is 8.51. The van der Waals surface area contributed by atoms with E-state index in [-0.39, 0.29) is 5.41 Å². The molecule has 12 aromatic heterocycles. The van der Waals surface area contributed by atoms with Gasteiger partial charge in [0.2, 0.25) is 0 Å². The number of benzene rings is 2. The molecule has 0 amide bonds. The van der Waals surface area contributed by atoms with Gasteiger partial charge in [-0.1, -0.05) is 334 Å². The number of thiophene rings is 2. The van der Waals surface area contributed by atoms with Crippen LogP contribution in [-0.4, -0.2) is 112 Å². The highest BCUT2D eigenvalue weighted by molar-refractivity contribution is 7.10. The fourth-order valence-corrected chi connectivity index (χ4v) is 14.1. The summed E-state index contributed by atoms with van der Waals surface area (Å²) in [7, 11) is 3.91. The molecule has 21 heteroatoms. The SMILES string of the molecule is CC(C)(C)c1ccccc1.CC(C)(C)c1ccccn1.CC(C)(C)c1cccs1.CC(C)(C)c1ccsc1.CC(C)C1=CCN=C1.CC(C)C1=NCC=C1.CC(C)c1cccnc1.CC(C)c1ccn(C)n1.CC(C)c1ccncc1.CC(C)c1ccnnc1.CC(C)c1cnc2ccccc2c1.CC(C)c1cnccn1.CC(C)c1cncnc1.CC(C)c1cocn1.CC1=CC(C(C)C)=NC1.Cc1cc(C(C)C)nn1C. The highest BCUT2D eigenvalue weighted by Crippen LogP contribution is 2.28. The molecule has 148 heavy (non-hydrogen) atoms. The fourth-order valence-electron chi connectivity index (χ4n) is 12.4. The Morgan fingerprint density at radius 2 is 0.959 bits per heavy atom. The van der Waals surface area contributed by atoms with Gasteiger partial charge in [-0.15, -0.1) is 11.3 Å². The molecule has 19 nitrogen and oxygen atoms in total. The number of hydrogen-bond donors (Lipinski definition) is 0. The van der Waals surface area contributed by atoms with E-state index in [1.807, 2.05) is 151 Å². The minimum atomic E-state index is 0.182. The van der Waals surface area contributed by atoms with Crippen molar-refractivity contribution in [2.75, 3.05) is 19.6 Å². The topological polar surface area (TPSA) is 228 Å². The first-order chi connectivity index (χ1) is 69.6. The smallest absolute Gasteiger partial charge is 0.180 e. The summed E-state index contributed by atoms with van der Waals surface area (Å²) in [4.78, 5) is 50.5. The zero-order valence-electron chi connectivity index (χ0n) is 98.0. The molecule has 17 rings (SSSR count). The molecule has 0 aliphatic carbocycles. The Morgan fingerprint density at radius 1 is 0.378 bits per heavy atom. The Kier molecular flexibility index (Phi) is 63.6. The summed E-state index contributed by atoms with van der Waals surface area (Å²) in [5.74, 6) is 6.77. The zero-order valence-corrected chi connectivity index (χ0v) is 99.7. The molecule has 0 unspecified atom stereocenters. The molecule has 0 saturated heterocycles. The number of aromatic nitrogens is 15. The van der Waals surface area contributed by atoms with Crippen molar-refractivity contribution in [3.05, 3.63) is 375 Å². The number of rotatable bonds is 12. The Bertz CT molecular complexity index is 5470. The maximum atomic E-state index is 4.76. The van der Waals surface area contributed by atoms with E-state index >= 15 is 0 Å². The number of pyridine rings is 4. The number of oxazole rings is 1. The largest absolute Gasteiger partial charge is 0.451 e. The number of fused-ring (bicyclic) bond motifs is 1. The van der Waals surface area contributed by atoms with Gasteiger partial charge in [0, 0.05) is 139 Å². The molecule has 0 spiro atoms. The first kappa shape index (κ1) is 132. The van der Waals surface area contributed by atoms with Gasteiger partial charge in [0.05, 0.1) is 54.1 Å². The second-order valence-corrected chi connectivity index (χ2v) is 45.9. The average Bonchev–Trinajstić information content (AvgIpc) is 0.998. The van der Waals surface area contributed by atoms with E-state index in [0.29, 0.717) is 87.3 Å². The summed E-state index contributed by atoms with van der Waals surface area (Å²) in [6.45, 7) is 85.0. The van der Waals surface area contributed by atoms with Gasteiger partial charge < -0.3 is 4.42 Å². The monoisotopic (exact) mass is 2040 g/mol. The van der Waals surface area contributed by atoms with Crippen molar-refractivity contribution < 1.29 is 4.42 Å². The molecule has 14 aromatic rings. The van der Waals surface area contributed by atoms with Crippen LogP contribution in [0.1, 0.15) is 387 Å². The Morgan fingerprint density at radius 3 is 1.28 bits per heavy atom. The highest BCUT2D eigenvalue weighted by Gasteiger charge is 2.17. The minimum absolute atomic E-state index is 0.182. The number of para-hydroxylation sites is 1. The lowest BCUT2D eigenvalue weighted by Gasteiger charge is -2.18. The zero-order chi connectivity index (χ0) is 111. The van der Waals surface area contributed by atoms with Crippen molar-refractivity contribution in [2.45, 2.75) is 338 Å². The number of nitrogens with zero attached hydrogens (tertiary/aromatic N) is 18. The molecule has 15 heterocycles. The van der Waals surface area contributed by atoms with E-state index in [2.05, 4.69) is 463 Å². The first-order valence-electron chi connectivity index (χ1n) is 52.6.